The monoisotopic (exact) mass is 369 g/mol. The summed E-state index contributed by atoms with van der Waals surface area (Å²) in [7, 11) is 2.95. The van der Waals surface area contributed by atoms with Gasteiger partial charge in [0.25, 0.3) is 5.69 Å². The SMILES string of the molecule is COc1cccc(-c2nc(C=Nc3ccc(OC)cc3[N+](=O)[O-])c(O)o2)c1. The standard InChI is InChI=1S/C18H15N3O6/c1-25-12-5-3-4-11(8-12)17-20-15(18(22)27-17)10-19-14-7-6-13(26-2)9-16(14)21(23)24/h3-10,22H,1-2H3. The van der Waals surface area contributed by atoms with E-state index in [9.17, 15) is 15.2 Å². The summed E-state index contributed by atoms with van der Waals surface area (Å²) in [5.41, 5.74) is 0.491. The molecule has 0 aliphatic heterocycles. The molecule has 0 radical (unpaired) electrons. The lowest BCUT2D eigenvalue weighted by molar-refractivity contribution is -0.384. The van der Waals surface area contributed by atoms with E-state index in [4.69, 9.17) is 13.9 Å². The Bertz CT molecular complexity index is 1010. The molecule has 1 aromatic heterocycles. The van der Waals surface area contributed by atoms with Crippen LogP contribution in [0.5, 0.6) is 17.4 Å². The van der Waals surface area contributed by atoms with Gasteiger partial charge in [-0.05, 0) is 30.3 Å². The van der Waals surface area contributed by atoms with Crippen molar-refractivity contribution in [3.05, 3.63) is 58.3 Å². The van der Waals surface area contributed by atoms with Crippen LogP contribution in [0.4, 0.5) is 11.4 Å². The molecule has 2 aromatic carbocycles. The van der Waals surface area contributed by atoms with Crippen LogP contribution < -0.4 is 9.47 Å². The first kappa shape index (κ1) is 17.9. The number of benzene rings is 2. The predicted octanol–water partition coefficient (Wildman–Crippen LogP) is 3.72. The highest BCUT2D eigenvalue weighted by Gasteiger charge is 2.16. The molecular weight excluding hydrogens is 354 g/mol. The molecule has 1 N–H and O–H groups in total. The van der Waals surface area contributed by atoms with Crippen molar-refractivity contribution in [2.24, 2.45) is 4.99 Å². The number of aromatic hydroxyl groups is 1. The summed E-state index contributed by atoms with van der Waals surface area (Å²) < 4.78 is 15.4. The normalized spacial score (nSPS) is 10.9. The van der Waals surface area contributed by atoms with E-state index in [0.717, 1.165) is 0 Å². The van der Waals surface area contributed by atoms with Crippen LogP contribution in [0.3, 0.4) is 0 Å². The van der Waals surface area contributed by atoms with Crippen LogP contribution in [0.15, 0.2) is 51.9 Å². The Labute approximate surface area is 153 Å². The molecule has 9 heteroatoms. The minimum absolute atomic E-state index is 0.0398. The highest BCUT2D eigenvalue weighted by atomic mass is 16.6. The van der Waals surface area contributed by atoms with Crippen LogP contribution >= 0.6 is 0 Å². The number of aliphatic imine (C=N–C) groups is 1. The predicted molar refractivity (Wildman–Crippen MR) is 97.1 cm³/mol. The Balaban J connectivity index is 1.93. The summed E-state index contributed by atoms with van der Waals surface area (Å²) >= 11 is 0. The van der Waals surface area contributed by atoms with E-state index in [1.54, 1.807) is 30.3 Å². The average Bonchev–Trinajstić information content (AvgIpc) is 3.06. The van der Waals surface area contributed by atoms with Crippen LogP contribution in [0.2, 0.25) is 0 Å². The Morgan fingerprint density at radius 2 is 1.93 bits per heavy atom. The number of hydrogen-bond donors (Lipinski definition) is 1. The van der Waals surface area contributed by atoms with Gasteiger partial charge in [-0.25, -0.2) is 9.98 Å². The Morgan fingerprint density at radius 1 is 1.19 bits per heavy atom. The third kappa shape index (κ3) is 3.87. The molecule has 0 unspecified atom stereocenters. The van der Waals surface area contributed by atoms with Gasteiger partial charge in [0.2, 0.25) is 5.89 Å². The minimum atomic E-state index is -0.570. The van der Waals surface area contributed by atoms with Crippen molar-refractivity contribution < 1.29 is 23.9 Å². The van der Waals surface area contributed by atoms with Gasteiger partial charge in [-0.15, -0.1) is 0 Å². The van der Waals surface area contributed by atoms with Gasteiger partial charge < -0.3 is 19.0 Å². The van der Waals surface area contributed by atoms with E-state index >= 15 is 0 Å². The van der Waals surface area contributed by atoms with E-state index < -0.39 is 10.9 Å². The number of hydrogen-bond acceptors (Lipinski definition) is 8. The van der Waals surface area contributed by atoms with Crippen molar-refractivity contribution >= 4 is 17.6 Å². The zero-order chi connectivity index (χ0) is 19.4. The molecule has 3 rings (SSSR count). The summed E-state index contributed by atoms with van der Waals surface area (Å²) in [6.45, 7) is 0. The van der Waals surface area contributed by atoms with Crippen molar-refractivity contribution in [2.75, 3.05) is 14.2 Å². The zero-order valence-corrected chi connectivity index (χ0v) is 14.4. The van der Waals surface area contributed by atoms with Crippen molar-refractivity contribution in [3.8, 4) is 28.9 Å². The Kier molecular flexibility index (Phi) is 5.02. The van der Waals surface area contributed by atoms with Crippen LogP contribution in [0, 0.1) is 10.1 Å². The first-order valence-corrected chi connectivity index (χ1v) is 7.72. The maximum atomic E-state index is 11.2. The lowest BCUT2D eigenvalue weighted by Crippen LogP contribution is -1.91. The van der Waals surface area contributed by atoms with E-state index in [0.29, 0.717) is 17.1 Å². The maximum Gasteiger partial charge on any atom is 0.312 e. The highest BCUT2D eigenvalue weighted by molar-refractivity contribution is 5.84. The first-order valence-electron chi connectivity index (χ1n) is 7.72. The number of nitrogens with zero attached hydrogens (tertiary/aromatic N) is 3. The molecule has 0 atom stereocenters. The fraction of sp³-hybridized carbons (Fsp3) is 0.111. The second-order valence-corrected chi connectivity index (χ2v) is 5.31. The fourth-order valence-corrected chi connectivity index (χ4v) is 2.30. The molecule has 0 fully saturated rings. The van der Waals surface area contributed by atoms with Crippen LogP contribution in [0.1, 0.15) is 5.69 Å². The highest BCUT2D eigenvalue weighted by Crippen LogP contribution is 2.32. The molecule has 0 saturated carbocycles. The molecular formula is C18H15N3O6. The number of ether oxygens (including phenoxy) is 2. The molecule has 0 aliphatic rings. The zero-order valence-electron chi connectivity index (χ0n) is 14.4. The van der Waals surface area contributed by atoms with Gasteiger partial charge in [0.15, 0.2) is 5.69 Å². The van der Waals surface area contributed by atoms with Gasteiger partial charge in [-0.3, -0.25) is 10.1 Å². The van der Waals surface area contributed by atoms with Gasteiger partial charge >= 0.3 is 5.95 Å². The maximum absolute atomic E-state index is 11.2. The smallest absolute Gasteiger partial charge is 0.312 e. The second kappa shape index (κ2) is 7.56. The largest absolute Gasteiger partial charge is 0.497 e. The molecule has 0 saturated heterocycles. The fourth-order valence-electron chi connectivity index (χ4n) is 2.30. The minimum Gasteiger partial charge on any atom is -0.497 e. The van der Waals surface area contributed by atoms with Crippen LogP contribution in [-0.2, 0) is 0 Å². The molecule has 1 heterocycles. The van der Waals surface area contributed by atoms with E-state index in [-0.39, 0.29) is 23.0 Å². The number of methoxy groups -OCH3 is 2. The third-order valence-electron chi connectivity index (χ3n) is 3.66. The van der Waals surface area contributed by atoms with Gasteiger partial charge in [0.1, 0.15) is 17.2 Å². The number of aromatic nitrogens is 1. The van der Waals surface area contributed by atoms with Crippen molar-refractivity contribution in [2.45, 2.75) is 0 Å². The molecule has 27 heavy (non-hydrogen) atoms. The summed E-state index contributed by atoms with van der Waals surface area (Å²) in [5.74, 6) is 0.657. The topological polar surface area (TPSA) is 120 Å². The van der Waals surface area contributed by atoms with E-state index in [1.807, 2.05) is 0 Å². The third-order valence-corrected chi connectivity index (χ3v) is 3.66. The number of nitro groups is 1. The quantitative estimate of drug-likeness (QED) is 0.399. The molecule has 138 valence electrons. The van der Waals surface area contributed by atoms with Crippen molar-refractivity contribution in [1.29, 1.82) is 0 Å². The summed E-state index contributed by atoms with van der Waals surface area (Å²) in [4.78, 5) is 18.8. The molecule has 3 aromatic rings. The Hall–Kier alpha value is -3.88. The molecule has 9 nitrogen and oxygen atoms in total. The number of oxazole rings is 1. The lowest BCUT2D eigenvalue weighted by Gasteiger charge is -2.01. The second-order valence-electron chi connectivity index (χ2n) is 5.31. The van der Waals surface area contributed by atoms with Crippen molar-refractivity contribution in [1.82, 2.24) is 4.98 Å². The molecule has 0 spiro atoms. The number of rotatable bonds is 6. The lowest BCUT2D eigenvalue weighted by atomic mass is 10.2. The van der Waals surface area contributed by atoms with E-state index in [1.165, 1.54) is 32.6 Å². The summed E-state index contributed by atoms with van der Waals surface area (Å²) in [6.07, 6.45) is 1.19. The average molecular weight is 369 g/mol. The molecule has 0 amide bonds. The summed E-state index contributed by atoms with van der Waals surface area (Å²) in [6, 6.07) is 11.2. The van der Waals surface area contributed by atoms with Gasteiger partial charge in [0, 0.05) is 5.56 Å². The number of nitro benzene ring substituents is 1. The first-order chi connectivity index (χ1) is 13.0. The van der Waals surface area contributed by atoms with E-state index in [2.05, 4.69) is 9.98 Å². The van der Waals surface area contributed by atoms with Crippen LogP contribution in [0.25, 0.3) is 11.5 Å². The molecule has 0 aliphatic carbocycles. The van der Waals surface area contributed by atoms with Gasteiger partial charge in [0.05, 0.1) is 31.4 Å². The molecule has 0 bridgehead atoms. The van der Waals surface area contributed by atoms with Gasteiger partial charge in [-0.1, -0.05) is 6.07 Å². The van der Waals surface area contributed by atoms with Gasteiger partial charge in [-0.2, -0.15) is 0 Å². The van der Waals surface area contributed by atoms with Crippen molar-refractivity contribution in [3.63, 3.8) is 0 Å². The summed E-state index contributed by atoms with van der Waals surface area (Å²) in [5, 5.41) is 21.2. The van der Waals surface area contributed by atoms with Crippen LogP contribution in [-0.4, -0.2) is 35.4 Å². The Morgan fingerprint density at radius 3 is 2.63 bits per heavy atom.